The van der Waals surface area contributed by atoms with E-state index in [0.717, 1.165) is 44.3 Å². The highest BCUT2D eigenvalue weighted by atomic mass is 14.8. The molecule has 48 heavy (non-hydrogen) atoms. The molecule has 0 radical (unpaired) electrons. The van der Waals surface area contributed by atoms with E-state index in [0.29, 0.717) is 0 Å². The zero-order valence-electron chi connectivity index (χ0n) is 25.8. The topological polar surface area (TPSA) is 38.7 Å². The van der Waals surface area contributed by atoms with E-state index < -0.39 is 0 Å². The molecule has 0 atom stereocenters. The Balaban J connectivity index is 1.17. The molecular formula is C45H25N3. The molecule has 8 aromatic carbocycles. The lowest BCUT2D eigenvalue weighted by Gasteiger charge is -2.17. The first-order valence-electron chi connectivity index (χ1n) is 16.3. The quantitative estimate of drug-likeness (QED) is 0.184. The molecule has 0 unspecified atom stereocenters. The number of pyridine rings is 3. The van der Waals surface area contributed by atoms with Crippen molar-refractivity contribution >= 4 is 86.4 Å². The number of benzene rings is 7. The van der Waals surface area contributed by atoms with Crippen LogP contribution in [0, 0.1) is 0 Å². The molecule has 0 fully saturated rings. The molecule has 0 aliphatic heterocycles. The molecule has 0 saturated carbocycles. The van der Waals surface area contributed by atoms with Crippen molar-refractivity contribution in [2.45, 2.75) is 0 Å². The van der Waals surface area contributed by atoms with Crippen molar-refractivity contribution < 1.29 is 0 Å². The van der Waals surface area contributed by atoms with E-state index in [1.165, 1.54) is 64.6 Å². The number of hydrogen-bond acceptors (Lipinski definition) is 3. The van der Waals surface area contributed by atoms with Gasteiger partial charge in [-0.3, -0.25) is 9.97 Å². The monoisotopic (exact) mass is 607 g/mol. The average Bonchev–Trinajstić information content (AvgIpc) is 3.15. The molecular weight excluding hydrogens is 583 g/mol. The summed E-state index contributed by atoms with van der Waals surface area (Å²) in [6, 6.07) is 50.7. The van der Waals surface area contributed by atoms with E-state index >= 15 is 0 Å². The average molecular weight is 608 g/mol. The number of fused-ring (bicyclic) bond motifs is 5. The summed E-state index contributed by atoms with van der Waals surface area (Å²) in [5.74, 6) is 0. The highest BCUT2D eigenvalue weighted by molar-refractivity contribution is 6.37. The van der Waals surface area contributed by atoms with Crippen LogP contribution in [-0.4, -0.2) is 15.0 Å². The van der Waals surface area contributed by atoms with Crippen molar-refractivity contribution in [3.05, 3.63) is 152 Å². The smallest absolute Gasteiger partial charge is 0.0972 e. The van der Waals surface area contributed by atoms with Crippen LogP contribution in [0.4, 0.5) is 0 Å². The van der Waals surface area contributed by atoms with Gasteiger partial charge in [-0.1, -0.05) is 109 Å². The van der Waals surface area contributed by atoms with Gasteiger partial charge in [-0.05, 0) is 101 Å². The van der Waals surface area contributed by atoms with Crippen molar-refractivity contribution in [3.8, 4) is 22.5 Å². The maximum Gasteiger partial charge on any atom is 0.0972 e. The van der Waals surface area contributed by atoms with Gasteiger partial charge in [0.1, 0.15) is 0 Å². The fourth-order valence-corrected chi connectivity index (χ4v) is 8.03. The van der Waals surface area contributed by atoms with E-state index in [2.05, 4.69) is 132 Å². The van der Waals surface area contributed by atoms with Crippen LogP contribution in [0.5, 0.6) is 0 Å². The van der Waals surface area contributed by atoms with Gasteiger partial charge in [-0.2, -0.15) is 0 Å². The molecule has 11 aromatic rings. The van der Waals surface area contributed by atoms with Gasteiger partial charge < -0.3 is 0 Å². The normalized spacial score (nSPS) is 12.2. The first-order valence-corrected chi connectivity index (χ1v) is 16.3. The fraction of sp³-hybridized carbons (Fsp3) is 0. The second kappa shape index (κ2) is 9.54. The largest absolute Gasteiger partial charge is 0.254 e. The van der Waals surface area contributed by atoms with Gasteiger partial charge in [0.05, 0.1) is 22.4 Å². The molecule has 0 N–H and O–H groups in total. The number of aromatic nitrogens is 3. The Morgan fingerprint density at radius 3 is 1.54 bits per heavy atom. The molecule has 3 nitrogen and oxygen atoms in total. The molecule has 0 spiro atoms. The number of hydrogen-bond donors (Lipinski definition) is 0. The summed E-state index contributed by atoms with van der Waals surface area (Å²) >= 11 is 0. The summed E-state index contributed by atoms with van der Waals surface area (Å²) in [5.41, 5.74) is 5.71. The van der Waals surface area contributed by atoms with Crippen molar-refractivity contribution in [1.82, 2.24) is 15.0 Å². The predicted molar refractivity (Wildman–Crippen MR) is 202 cm³/mol. The molecule has 0 bridgehead atoms. The van der Waals surface area contributed by atoms with E-state index in [1.807, 2.05) is 24.5 Å². The molecule has 0 aliphatic rings. The highest BCUT2D eigenvalue weighted by Crippen LogP contribution is 2.44. The third-order valence-electron chi connectivity index (χ3n) is 10.2. The van der Waals surface area contributed by atoms with Crippen molar-refractivity contribution in [3.63, 3.8) is 0 Å². The van der Waals surface area contributed by atoms with Gasteiger partial charge in [-0.25, -0.2) is 4.98 Å². The third-order valence-corrected chi connectivity index (χ3v) is 10.2. The minimum absolute atomic E-state index is 0.839. The second-order valence-corrected chi connectivity index (χ2v) is 12.8. The van der Waals surface area contributed by atoms with Gasteiger partial charge in [0, 0.05) is 28.7 Å². The Kier molecular flexibility index (Phi) is 5.11. The lowest BCUT2D eigenvalue weighted by atomic mass is 9.86. The molecule has 3 aromatic heterocycles. The standard InChI is InChI=1S/C45H25N3/c1-5-26-12-13-27-7-3-11-36-37-24-33(23-31-17-14-28-6-2-10-35(41(28)43(31)37)34(9-1)40(26)42(27)36)32-19-20-38(47-25-32)39-21-18-30-16-15-29-8-4-22-46-44(29)45(30)48-39/h1-25H. The van der Waals surface area contributed by atoms with E-state index in [4.69, 9.17) is 9.97 Å². The fourth-order valence-electron chi connectivity index (χ4n) is 8.03. The predicted octanol–water partition coefficient (Wildman–Crippen LogP) is 11.9. The number of nitrogens with zero attached hydrogens (tertiary/aromatic N) is 3. The Morgan fingerprint density at radius 1 is 0.333 bits per heavy atom. The first kappa shape index (κ1) is 25.7. The van der Waals surface area contributed by atoms with Crippen LogP contribution in [0.3, 0.4) is 0 Å². The Hall–Kier alpha value is -6.45. The van der Waals surface area contributed by atoms with Gasteiger partial charge in [-0.15, -0.1) is 0 Å². The summed E-state index contributed by atoms with van der Waals surface area (Å²) in [6.07, 6.45) is 3.81. The third kappa shape index (κ3) is 3.56. The van der Waals surface area contributed by atoms with E-state index in [1.54, 1.807) is 0 Å². The second-order valence-electron chi connectivity index (χ2n) is 12.8. The van der Waals surface area contributed by atoms with Crippen molar-refractivity contribution in [1.29, 1.82) is 0 Å². The lowest BCUT2D eigenvalue weighted by Crippen LogP contribution is -1.92. The minimum atomic E-state index is 0.839. The van der Waals surface area contributed by atoms with Crippen molar-refractivity contribution in [2.75, 3.05) is 0 Å². The molecule has 11 rings (SSSR count). The van der Waals surface area contributed by atoms with Crippen LogP contribution in [0.2, 0.25) is 0 Å². The maximum absolute atomic E-state index is 5.03. The summed E-state index contributed by atoms with van der Waals surface area (Å²) in [5, 5.41) is 17.5. The summed E-state index contributed by atoms with van der Waals surface area (Å²) in [6.45, 7) is 0. The lowest BCUT2D eigenvalue weighted by molar-refractivity contribution is 1.28. The van der Waals surface area contributed by atoms with Gasteiger partial charge in [0.2, 0.25) is 0 Å². The Morgan fingerprint density at radius 2 is 0.875 bits per heavy atom. The van der Waals surface area contributed by atoms with Crippen LogP contribution in [0.15, 0.2) is 152 Å². The van der Waals surface area contributed by atoms with Gasteiger partial charge in [0.15, 0.2) is 0 Å². The zero-order chi connectivity index (χ0) is 31.3. The van der Waals surface area contributed by atoms with Crippen LogP contribution >= 0.6 is 0 Å². The Labute approximate surface area is 275 Å². The molecule has 220 valence electrons. The summed E-state index contributed by atoms with van der Waals surface area (Å²) < 4.78 is 0. The SMILES string of the molecule is c1cnc2c(c1)ccc1ccc(-c3ccc(-c4cc5ccc6cccc7c8cccc9ccc%10cccc(c(c4)c5c67)c%10c98)cn3)nc12. The molecule has 0 saturated heterocycles. The van der Waals surface area contributed by atoms with E-state index in [-0.39, 0.29) is 0 Å². The van der Waals surface area contributed by atoms with Crippen molar-refractivity contribution in [2.24, 2.45) is 0 Å². The molecule has 3 heterocycles. The Bertz CT molecular complexity index is 3100. The van der Waals surface area contributed by atoms with Crippen LogP contribution < -0.4 is 0 Å². The van der Waals surface area contributed by atoms with E-state index in [9.17, 15) is 0 Å². The molecule has 0 aliphatic carbocycles. The maximum atomic E-state index is 5.03. The number of rotatable bonds is 2. The highest BCUT2D eigenvalue weighted by Gasteiger charge is 2.16. The van der Waals surface area contributed by atoms with Crippen LogP contribution in [0.1, 0.15) is 0 Å². The zero-order valence-corrected chi connectivity index (χ0v) is 25.8. The first-order chi connectivity index (χ1) is 23.8. The molecule has 0 amide bonds. The van der Waals surface area contributed by atoms with Crippen LogP contribution in [-0.2, 0) is 0 Å². The summed E-state index contributed by atoms with van der Waals surface area (Å²) in [7, 11) is 0. The van der Waals surface area contributed by atoms with Gasteiger partial charge >= 0.3 is 0 Å². The van der Waals surface area contributed by atoms with Crippen LogP contribution in [0.25, 0.3) is 109 Å². The molecule has 3 heteroatoms. The van der Waals surface area contributed by atoms with Gasteiger partial charge in [0.25, 0.3) is 0 Å². The minimum Gasteiger partial charge on any atom is -0.254 e. The summed E-state index contributed by atoms with van der Waals surface area (Å²) in [4.78, 5) is 14.6.